The van der Waals surface area contributed by atoms with Gasteiger partial charge in [0.05, 0.1) is 16.8 Å². The van der Waals surface area contributed by atoms with E-state index >= 15 is 0 Å². The molecule has 0 spiro atoms. The van der Waals surface area contributed by atoms with E-state index in [0.29, 0.717) is 22.0 Å². The number of nitro benzene ring substituents is 1. The summed E-state index contributed by atoms with van der Waals surface area (Å²) in [5.41, 5.74) is 0.803. The Labute approximate surface area is 140 Å². The first-order valence-corrected chi connectivity index (χ1v) is 7.72. The fourth-order valence-corrected chi connectivity index (χ4v) is 2.53. The number of rotatable bonds is 5. The van der Waals surface area contributed by atoms with Crippen molar-refractivity contribution < 1.29 is 14.1 Å². The van der Waals surface area contributed by atoms with Gasteiger partial charge in [-0.25, -0.2) is 4.98 Å². The van der Waals surface area contributed by atoms with E-state index in [2.05, 4.69) is 10.3 Å². The van der Waals surface area contributed by atoms with Gasteiger partial charge in [0.15, 0.2) is 5.13 Å². The van der Waals surface area contributed by atoms with Gasteiger partial charge in [0.2, 0.25) is 0 Å². The first kappa shape index (κ1) is 15.6. The molecule has 0 bridgehead atoms. The summed E-state index contributed by atoms with van der Waals surface area (Å²) in [7, 11) is 0. The molecular weight excluding hydrogens is 330 g/mol. The van der Waals surface area contributed by atoms with E-state index in [1.165, 1.54) is 41.9 Å². The maximum atomic E-state index is 12.6. The molecule has 3 aromatic rings. The summed E-state index contributed by atoms with van der Waals surface area (Å²) in [6, 6.07) is 9.16. The average molecular weight is 341 g/mol. The number of benzene rings is 1. The Morgan fingerprint density at radius 2 is 2.08 bits per heavy atom. The quantitative estimate of drug-likeness (QED) is 0.432. The van der Waals surface area contributed by atoms with Crippen LogP contribution < -0.4 is 5.32 Å². The Bertz CT molecular complexity index is 869. The number of hydrogen-bond acceptors (Lipinski definition) is 6. The maximum Gasteiger partial charge on any atom is 0.269 e. The highest BCUT2D eigenvalue weighted by atomic mass is 32.1. The summed E-state index contributed by atoms with van der Waals surface area (Å²) in [5.74, 6) is 0.118. The SMILES string of the molecule is O=C(Nc1nccs1)/C(=C/c1ccco1)c1ccc([N+](=O)[O-])cc1. The molecule has 7 nitrogen and oxygen atoms in total. The third-order valence-corrected chi connectivity index (χ3v) is 3.80. The van der Waals surface area contributed by atoms with Crippen molar-refractivity contribution >= 4 is 39.7 Å². The van der Waals surface area contributed by atoms with Crippen molar-refractivity contribution in [2.24, 2.45) is 0 Å². The van der Waals surface area contributed by atoms with Crippen LogP contribution in [0.1, 0.15) is 11.3 Å². The largest absolute Gasteiger partial charge is 0.465 e. The minimum Gasteiger partial charge on any atom is -0.465 e. The minimum atomic E-state index is -0.491. The van der Waals surface area contributed by atoms with Gasteiger partial charge in [0.1, 0.15) is 5.76 Å². The van der Waals surface area contributed by atoms with Crippen LogP contribution in [0.15, 0.2) is 58.7 Å². The molecule has 0 saturated heterocycles. The van der Waals surface area contributed by atoms with Crippen molar-refractivity contribution in [2.45, 2.75) is 0 Å². The lowest BCUT2D eigenvalue weighted by atomic mass is 10.0. The summed E-state index contributed by atoms with van der Waals surface area (Å²) < 4.78 is 5.26. The van der Waals surface area contributed by atoms with Gasteiger partial charge in [0.25, 0.3) is 11.6 Å². The molecule has 1 amide bonds. The van der Waals surface area contributed by atoms with Crippen molar-refractivity contribution in [1.29, 1.82) is 0 Å². The number of carbonyl (C=O) groups is 1. The first-order chi connectivity index (χ1) is 11.6. The van der Waals surface area contributed by atoms with Crippen molar-refractivity contribution in [3.8, 4) is 0 Å². The summed E-state index contributed by atoms with van der Waals surface area (Å²) in [5, 5.41) is 15.7. The lowest BCUT2D eigenvalue weighted by Gasteiger charge is -2.07. The lowest BCUT2D eigenvalue weighted by molar-refractivity contribution is -0.384. The second-order valence-electron chi connectivity index (χ2n) is 4.67. The van der Waals surface area contributed by atoms with Gasteiger partial charge in [-0.05, 0) is 35.9 Å². The topological polar surface area (TPSA) is 98.3 Å². The number of amides is 1. The highest BCUT2D eigenvalue weighted by Gasteiger charge is 2.16. The van der Waals surface area contributed by atoms with Crippen LogP contribution >= 0.6 is 11.3 Å². The number of nitrogens with one attached hydrogen (secondary N) is 1. The number of thiazole rings is 1. The van der Waals surface area contributed by atoms with Crippen LogP contribution in [0.4, 0.5) is 10.8 Å². The summed E-state index contributed by atoms with van der Waals surface area (Å²) >= 11 is 1.30. The van der Waals surface area contributed by atoms with E-state index in [9.17, 15) is 14.9 Å². The Hall–Kier alpha value is -3.26. The predicted molar refractivity (Wildman–Crippen MR) is 90.4 cm³/mol. The summed E-state index contributed by atoms with van der Waals surface area (Å²) in [6.07, 6.45) is 4.66. The van der Waals surface area contributed by atoms with Gasteiger partial charge in [-0.3, -0.25) is 20.2 Å². The van der Waals surface area contributed by atoms with E-state index in [-0.39, 0.29) is 11.6 Å². The molecular formula is C16H11N3O4S. The molecule has 24 heavy (non-hydrogen) atoms. The molecule has 2 heterocycles. The number of nitrogens with zero attached hydrogens (tertiary/aromatic N) is 2. The van der Waals surface area contributed by atoms with Crippen LogP contribution in [0.25, 0.3) is 11.6 Å². The highest BCUT2D eigenvalue weighted by molar-refractivity contribution is 7.13. The number of carbonyl (C=O) groups excluding carboxylic acids is 1. The number of non-ortho nitro benzene ring substituents is 1. The number of anilines is 1. The van der Waals surface area contributed by atoms with Crippen LogP contribution in [-0.2, 0) is 4.79 Å². The molecule has 8 heteroatoms. The zero-order chi connectivity index (χ0) is 16.9. The summed E-state index contributed by atoms with van der Waals surface area (Å²) in [4.78, 5) is 26.9. The fraction of sp³-hybridized carbons (Fsp3) is 0. The molecule has 1 aromatic carbocycles. The minimum absolute atomic E-state index is 0.0450. The third kappa shape index (κ3) is 3.55. The Kier molecular flexibility index (Phi) is 4.48. The third-order valence-electron chi connectivity index (χ3n) is 3.12. The molecule has 0 aliphatic heterocycles. The molecule has 0 saturated carbocycles. The second kappa shape index (κ2) is 6.88. The predicted octanol–water partition coefficient (Wildman–Crippen LogP) is 3.82. The van der Waals surface area contributed by atoms with Crippen LogP contribution in [0, 0.1) is 10.1 Å². The Morgan fingerprint density at radius 1 is 1.29 bits per heavy atom. The van der Waals surface area contributed by atoms with Crippen molar-refractivity contribution in [2.75, 3.05) is 5.32 Å². The van der Waals surface area contributed by atoms with Crippen molar-refractivity contribution in [3.05, 3.63) is 75.7 Å². The number of aromatic nitrogens is 1. The average Bonchev–Trinajstić information content (AvgIpc) is 3.26. The molecule has 0 fully saturated rings. The first-order valence-electron chi connectivity index (χ1n) is 6.84. The van der Waals surface area contributed by atoms with Crippen molar-refractivity contribution in [1.82, 2.24) is 4.98 Å². The van der Waals surface area contributed by atoms with E-state index < -0.39 is 4.92 Å². The Morgan fingerprint density at radius 3 is 2.67 bits per heavy atom. The van der Waals surface area contributed by atoms with Crippen LogP contribution in [0.5, 0.6) is 0 Å². The molecule has 0 atom stereocenters. The molecule has 3 rings (SSSR count). The van der Waals surface area contributed by atoms with Gasteiger partial charge < -0.3 is 4.42 Å². The molecule has 1 N–H and O–H groups in total. The fourth-order valence-electron chi connectivity index (χ4n) is 2.01. The number of hydrogen-bond donors (Lipinski definition) is 1. The zero-order valence-corrected chi connectivity index (χ0v) is 13.0. The van der Waals surface area contributed by atoms with Gasteiger partial charge in [-0.2, -0.15) is 0 Å². The molecule has 2 aromatic heterocycles. The summed E-state index contributed by atoms with van der Waals surface area (Å²) in [6.45, 7) is 0. The number of furan rings is 1. The second-order valence-corrected chi connectivity index (χ2v) is 5.56. The van der Waals surface area contributed by atoms with Gasteiger partial charge >= 0.3 is 0 Å². The van der Waals surface area contributed by atoms with Crippen LogP contribution in [0.2, 0.25) is 0 Å². The molecule has 0 aliphatic rings. The maximum absolute atomic E-state index is 12.6. The van der Waals surface area contributed by atoms with Gasteiger partial charge in [-0.1, -0.05) is 0 Å². The van der Waals surface area contributed by atoms with E-state index in [1.807, 2.05) is 0 Å². The molecule has 0 radical (unpaired) electrons. The Balaban J connectivity index is 1.95. The van der Waals surface area contributed by atoms with Gasteiger partial charge in [0, 0.05) is 23.7 Å². The smallest absolute Gasteiger partial charge is 0.269 e. The molecule has 120 valence electrons. The monoisotopic (exact) mass is 341 g/mol. The molecule has 0 aliphatic carbocycles. The standard InChI is InChI=1S/C16H11N3O4S/c20-15(18-16-17-7-9-24-16)14(10-13-2-1-8-23-13)11-3-5-12(6-4-11)19(21)22/h1-10H,(H,17,18,20)/b14-10+. The van der Waals surface area contributed by atoms with Crippen LogP contribution in [-0.4, -0.2) is 15.8 Å². The lowest BCUT2D eigenvalue weighted by Crippen LogP contribution is -2.13. The van der Waals surface area contributed by atoms with Gasteiger partial charge in [-0.15, -0.1) is 11.3 Å². The highest BCUT2D eigenvalue weighted by Crippen LogP contribution is 2.23. The van der Waals surface area contributed by atoms with E-state index in [4.69, 9.17) is 4.42 Å². The van der Waals surface area contributed by atoms with Crippen LogP contribution in [0.3, 0.4) is 0 Å². The zero-order valence-electron chi connectivity index (χ0n) is 12.2. The van der Waals surface area contributed by atoms with E-state index in [0.717, 1.165) is 0 Å². The normalized spacial score (nSPS) is 11.2. The van der Waals surface area contributed by atoms with E-state index in [1.54, 1.807) is 29.8 Å². The van der Waals surface area contributed by atoms with Crippen molar-refractivity contribution in [3.63, 3.8) is 0 Å². The number of nitro groups is 1. The molecule has 0 unspecified atom stereocenters.